The zero-order chi connectivity index (χ0) is 18.7. The Labute approximate surface area is 153 Å². The van der Waals surface area contributed by atoms with Crippen molar-refractivity contribution in [2.75, 3.05) is 31.6 Å². The van der Waals surface area contributed by atoms with Crippen molar-refractivity contribution in [2.45, 2.75) is 18.7 Å². The molecule has 26 heavy (non-hydrogen) atoms. The Balaban J connectivity index is 1.78. The molecule has 2 aromatic carbocycles. The highest BCUT2D eigenvalue weighted by atomic mass is 32.2. The molecule has 7 heteroatoms. The number of aryl methyl sites for hydroxylation is 2. The van der Waals surface area contributed by atoms with Crippen LogP contribution in [0.5, 0.6) is 0 Å². The highest BCUT2D eigenvalue weighted by Gasteiger charge is 2.26. The number of amides is 1. The summed E-state index contributed by atoms with van der Waals surface area (Å²) >= 11 is 0. The Morgan fingerprint density at radius 1 is 1.00 bits per heavy atom. The number of carbonyl (C=O) groups is 1. The van der Waals surface area contributed by atoms with E-state index < -0.39 is 10.0 Å². The molecule has 1 N–H and O–H groups in total. The molecule has 0 aliphatic carbocycles. The van der Waals surface area contributed by atoms with Gasteiger partial charge in [0.05, 0.1) is 18.1 Å². The van der Waals surface area contributed by atoms with Crippen molar-refractivity contribution in [2.24, 2.45) is 0 Å². The fourth-order valence-corrected chi connectivity index (χ4v) is 4.32. The summed E-state index contributed by atoms with van der Waals surface area (Å²) in [4.78, 5) is 12.7. The van der Waals surface area contributed by atoms with Crippen molar-refractivity contribution < 1.29 is 17.9 Å². The van der Waals surface area contributed by atoms with Gasteiger partial charge >= 0.3 is 0 Å². The molecule has 0 spiro atoms. The predicted octanol–water partition coefficient (Wildman–Crippen LogP) is 2.58. The minimum absolute atomic E-state index is 0.183. The molecule has 3 rings (SSSR count). The first-order valence-electron chi connectivity index (χ1n) is 8.45. The van der Waals surface area contributed by atoms with Crippen LogP contribution in [0.2, 0.25) is 0 Å². The van der Waals surface area contributed by atoms with Gasteiger partial charge in [0.1, 0.15) is 0 Å². The molecular formula is C19H22N2O4S. The Morgan fingerprint density at radius 2 is 1.58 bits per heavy atom. The standard InChI is InChI=1S/C19H22N2O4S/c1-14-4-3-5-15(2)18(14)20-19(22)16-6-8-17(9-7-16)26(23,24)21-10-12-25-13-11-21/h3-9H,10-13H2,1-2H3,(H,20,22). The first kappa shape index (κ1) is 18.6. The Bertz CT molecular complexity index is 881. The number of hydrogen-bond acceptors (Lipinski definition) is 4. The molecule has 0 radical (unpaired) electrons. The highest BCUT2D eigenvalue weighted by molar-refractivity contribution is 7.89. The van der Waals surface area contributed by atoms with Crippen molar-refractivity contribution in [3.05, 3.63) is 59.2 Å². The Kier molecular flexibility index (Phi) is 5.41. The van der Waals surface area contributed by atoms with Crippen LogP contribution in [-0.4, -0.2) is 44.9 Å². The van der Waals surface area contributed by atoms with E-state index in [1.165, 1.54) is 28.6 Å². The predicted molar refractivity (Wildman–Crippen MR) is 99.9 cm³/mol. The lowest BCUT2D eigenvalue weighted by Gasteiger charge is -2.26. The lowest BCUT2D eigenvalue weighted by Crippen LogP contribution is -2.40. The molecule has 6 nitrogen and oxygen atoms in total. The van der Waals surface area contributed by atoms with E-state index in [4.69, 9.17) is 4.74 Å². The number of sulfonamides is 1. The maximum atomic E-state index is 12.6. The summed E-state index contributed by atoms with van der Waals surface area (Å²) in [7, 11) is -3.56. The molecule has 0 bridgehead atoms. The number of nitrogens with one attached hydrogen (secondary N) is 1. The van der Waals surface area contributed by atoms with Gasteiger partial charge in [0.2, 0.25) is 10.0 Å². The second kappa shape index (κ2) is 7.57. The van der Waals surface area contributed by atoms with Crippen LogP contribution in [0.3, 0.4) is 0 Å². The van der Waals surface area contributed by atoms with E-state index in [-0.39, 0.29) is 10.8 Å². The van der Waals surface area contributed by atoms with E-state index >= 15 is 0 Å². The number of para-hydroxylation sites is 1. The molecule has 138 valence electrons. The van der Waals surface area contributed by atoms with Crippen molar-refractivity contribution in [1.82, 2.24) is 4.31 Å². The van der Waals surface area contributed by atoms with Crippen LogP contribution < -0.4 is 5.32 Å². The maximum absolute atomic E-state index is 12.6. The first-order chi connectivity index (χ1) is 12.4. The van der Waals surface area contributed by atoms with Gasteiger partial charge in [-0.25, -0.2) is 8.42 Å². The van der Waals surface area contributed by atoms with Crippen molar-refractivity contribution in [1.29, 1.82) is 0 Å². The summed E-state index contributed by atoms with van der Waals surface area (Å²) in [5.41, 5.74) is 3.14. The minimum Gasteiger partial charge on any atom is -0.379 e. The van der Waals surface area contributed by atoms with Crippen molar-refractivity contribution in [3.8, 4) is 0 Å². The second-order valence-corrected chi connectivity index (χ2v) is 8.20. The number of nitrogens with zero attached hydrogens (tertiary/aromatic N) is 1. The lowest BCUT2D eigenvalue weighted by atomic mass is 10.1. The van der Waals surface area contributed by atoms with Crippen LogP contribution >= 0.6 is 0 Å². The topological polar surface area (TPSA) is 75.7 Å². The van der Waals surface area contributed by atoms with E-state index in [9.17, 15) is 13.2 Å². The fraction of sp³-hybridized carbons (Fsp3) is 0.316. The summed E-state index contributed by atoms with van der Waals surface area (Å²) in [6.07, 6.45) is 0. The van der Waals surface area contributed by atoms with Gasteiger partial charge in [-0.1, -0.05) is 18.2 Å². The van der Waals surface area contributed by atoms with E-state index in [1.807, 2.05) is 32.0 Å². The molecule has 0 aromatic heterocycles. The summed E-state index contributed by atoms with van der Waals surface area (Å²) in [5.74, 6) is -0.266. The summed E-state index contributed by atoms with van der Waals surface area (Å²) < 4.78 is 31.8. The lowest BCUT2D eigenvalue weighted by molar-refractivity contribution is 0.0730. The van der Waals surface area contributed by atoms with Crippen molar-refractivity contribution in [3.63, 3.8) is 0 Å². The first-order valence-corrected chi connectivity index (χ1v) is 9.89. The number of hydrogen-bond donors (Lipinski definition) is 1. The Morgan fingerprint density at radius 3 is 2.15 bits per heavy atom. The molecule has 0 atom stereocenters. The number of rotatable bonds is 4. The average molecular weight is 374 g/mol. The summed E-state index contributed by atoms with van der Waals surface area (Å²) in [6.45, 7) is 5.35. The van der Waals surface area contributed by atoms with Gasteiger partial charge in [-0.3, -0.25) is 4.79 Å². The third kappa shape index (κ3) is 3.80. The average Bonchev–Trinajstić information content (AvgIpc) is 2.65. The molecule has 0 unspecified atom stereocenters. The number of carbonyl (C=O) groups excluding carboxylic acids is 1. The third-order valence-corrected chi connectivity index (χ3v) is 6.36. The van der Waals surface area contributed by atoms with Crippen molar-refractivity contribution >= 4 is 21.6 Å². The van der Waals surface area contributed by atoms with Crippen LogP contribution in [0.1, 0.15) is 21.5 Å². The largest absolute Gasteiger partial charge is 0.379 e. The molecule has 1 fully saturated rings. The monoisotopic (exact) mass is 374 g/mol. The maximum Gasteiger partial charge on any atom is 0.255 e. The quantitative estimate of drug-likeness (QED) is 0.892. The highest BCUT2D eigenvalue weighted by Crippen LogP contribution is 2.21. The van der Waals surface area contributed by atoms with Gasteiger partial charge in [-0.15, -0.1) is 0 Å². The SMILES string of the molecule is Cc1cccc(C)c1NC(=O)c1ccc(S(=O)(=O)N2CCOCC2)cc1. The zero-order valence-electron chi connectivity index (χ0n) is 14.9. The van der Waals surface area contributed by atoms with Gasteiger partial charge in [0, 0.05) is 24.3 Å². The molecule has 1 saturated heterocycles. The van der Waals surface area contributed by atoms with Gasteiger partial charge in [-0.05, 0) is 49.2 Å². The van der Waals surface area contributed by atoms with E-state index in [1.54, 1.807) is 0 Å². The molecule has 1 amide bonds. The second-order valence-electron chi connectivity index (χ2n) is 6.26. The fourth-order valence-electron chi connectivity index (χ4n) is 2.91. The van der Waals surface area contributed by atoms with E-state index in [0.717, 1.165) is 16.8 Å². The van der Waals surface area contributed by atoms with Crippen LogP contribution in [0.25, 0.3) is 0 Å². The normalized spacial score (nSPS) is 15.6. The number of morpholine rings is 1. The van der Waals surface area contributed by atoms with E-state index in [0.29, 0.717) is 31.9 Å². The number of anilines is 1. The third-order valence-electron chi connectivity index (χ3n) is 4.44. The van der Waals surface area contributed by atoms with Crippen LogP contribution in [-0.2, 0) is 14.8 Å². The van der Waals surface area contributed by atoms with E-state index in [2.05, 4.69) is 5.32 Å². The number of benzene rings is 2. The van der Waals surface area contributed by atoms with Gasteiger partial charge in [-0.2, -0.15) is 4.31 Å². The molecule has 1 heterocycles. The van der Waals surface area contributed by atoms with Crippen LogP contribution in [0.15, 0.2) is 47.4 Å². The zero-order valence-corrected chi connectivity index (χ0v) is 15.7. The molecule has 1 aliphatic heterocycles. The molecular weight excluding hydrogens is 352 g/mol. The summed E-state index contributed by atoms with van der Waals surface area (Å²) in [5, 5.41) is 2.90. The smallest absolute Gasteiger partial charge is 0.255 e. The molecule has 2 aromatic rings. The van der Waals surface area contributed by atoms with Gasteiger partial charge < -0.3 is 10.1 Å². The van der Waals surface area contributed by atoms with Gasteiger partial charge in [0.25, 0.3) is 5.91 Å². The van der Waals surface area contributed by atoms with Crippen LogP contribution in [0.4, 0.5) is 5.69 Å². The molecule has 0 saturated carbocycles. The minimum atomic E-state index is -3.56. The number of ether oxygens (including phenoxy) is 1. The Hall–Kier alpha value is -2.22. The molecule has 1 aliphatic rings. The van der Waals surface area contributed by atoms with Gasteiger partial charge in [0.15, 0.2) is 0 Å². The van der Waals surface area contributed by atoms with Crippen LogP contribution in [0, 0.1) is 13.8 Å². The summed E-state index contributed by atoms with van der Waals surface area (Å²) in [6, 6.07) is 11.8.